The van der Waals surface area contributed by atoms with Crippen molar-refractivity contribution in [3.63, 3.8) is 0 Å². The summed E-state index contributed by atoms with van der Waals surface area (Å²) in [5.74, 6) is 2.77. The summed E-state index contributed by atoms with van der Waals surface area (Å²) in [4.78, 5) is 3.18. The molecule has 3 nitrogen and oxygen atoms in total. The van der Waals surface area contributed by atoms with Crippen LogP contribution < -0.4 is 5.73 Å². The standard InChI is InChI=1S/C17H26N2O/c18-11-17(20,15-2-1-3-19-15)10-16-7-12-4-13(8-16)6-14(5-12)9-16/h1-3,12-14,19-20H,4-11,18H2. The van der Waals surface area contributed by atoms with Gasteiger partial charge in [-0.05, 0) is 80.2 Å². The molecule has 1 unspecified atom stereocenters. The van der Waals surface area contributed by atoms with E-state index in [1.807, 2.05) is 18.3 Å². The van der Waals surface area contributed by atoms with Gasteiger partial charge < -0.3 is 15.8 Å². The predicted molar refractivity (Wildman–Crippen MR) is 79.0 cm³/mol. The van der Waals surface area contributed by atoms with Crippen LogP contribution in [-0.4, -0.2) is 16.6 Å². The van der Waals surface area contributed by atoms with Gasteiger partial charge in [0.2, 0.25) is 0 Å². The molecule has 4 N–H and O–H groups in total. The SMILES string of the molecule is NCC(O)(CC12CC3CC(CC(C3)C1)C2)c1ccc[nH]1. The highest BCUT2D eigenvalue weighted by molar-refractivity contribution is 5.16. The van der Waals surface area contributed by atoms with E-state index in [1.54, 1.807) is 0 Å². The second kappa shape index (κ2) is 4.35. The zero-order chi connectivity index (χ0) is 13.8. The van der Waals surface area contributed by atoms with E-state index >= 15 is 0 Å². The van der Waals surface area contributed by atoms with Crippen molar-refractivity contribution in [1.82, 2.24) is 4.98 Å². The summed E-state index contributed by atoms with van der Waals surface area (Å²) < 4.78 is 0. The van der Waals surface area contributed by atoms with Gasteiger partial charge in [-0.15, -0.1) is 0 Å². The summed E-state index contributed by atoms with van der Waals surface area (Å²) in [5, 5.41) is 11.1. The number of hydrogen-bond donors (Lipinski definition) is 3. The number of aromatic amines is 1. The molecular weight excluding hydrogens is 248 g/mol. The Morgan fingerprint density at radius 3 is 2.25 bits per heavy atom. The summed E-state index contributed by atoms with van der Waals surface area (Å²) in [6.45, 7) is 0.315. The Bertz CT molecular complexity index is 446. The van der Waals surface area contributed by atoms with Gasteiger partial charge >= 0.3 is 0 Å². The molecule has 4 fully saturated rings. The highest BCUT2D eigenvalue weighted by atomic mass is 16.3. The third kappa shape index (κ3) is 1.94. The van der Waals surface area contributed by atoms with Crippen molar-refractivity contribution in [2.45, 2.75) is 50.5 Å². The number of aliphatic hydroxyl groups is 1. The predicted octanol–water partition coefficient (Wildman–Crippen LogP) is 2.77. The first kappa shape index (κ1) is 12.9. The Morgan fingerprint density at radius 2 is 1.80 bits per heavy atom. The Hall–Kier alpha value is -0.800. The molecule has 0 aromatic carbocycles. The maximum Gasteiger partial charge on any atom is 0.117 e. The summed E-state index contributed by atoms with van der Waals surface area (Å²) in [5.41, 5.74) is 6.35. The van der Waals surface area contributed by atoms with E-state index in [1.165, 1.54) is 38.5 Å². The van der Waals surface area contributed by atoms with Crippen molar-refractivity contribution in [2.75, 3.05) is 6.54 Å². The Balaban J connectivity index is 1.61. The van der Waals surface area contributed by atoms with Crippen molar-refractivity contribution in [3.05, 3.63) is 24.0 Å². The number of rotatable bonds is 4. The molecule has 1 aromatic heterocycles. The number of nitrogens with one attached hydrogen (secondary N) is 1. The largest absolute Gasteiger partial charge is 0.382 e. The van der Waals surface area contributed by atoms with Gasteiger partial charge in [0.25, 0.3) is 0 Å². The molecule has 4 aliphatic rings. The van der Waals surface area contributed by atoms with E-state index in [9.17, 15) is 5.11 Å². The highest BCUT2D eigenvalue weighted by Crippen LogP contribution is 2.62. The van der Waals surface area contributed by atoms with Gasteiger partial charge in [0.05, 0.1) is 0 Å². The van der Waals surface area contributed by atoms with Crippen LogP contribution >= 0.6 is 0 Å². The maximum atomic E-state index is 11.1. The molecule has 0 spiro atoms. The minimum atomic E-state index is -0.866. The number of nitrogens with two attached hydrogens (primary N) is 1. The van der Waals surface area contributed by atoms with Crippen LogP contribution in [0.25, 0.3) is 0 Å². The lowest BCUT2D eigenvalue weighted by Crippen LogP contribution is -2.50. The zero-order valence-electron chi connectivity index (χ0n) is 12.1. The first-order valence-corrected chi connectivity index (χ1v) is 8.17. The monoisotopic (exact) mass is 274 g/mol. The van der Waals surface area contributed by atoms with Crippen molar-refractivity contribution in [3.8, 4) is 0 Å². The topological polar surface area (TPSA) is 62.0 Å². The third-order valence-electron chi connectivity index (χ3n) is 6.27. The second-order valence-corrected chi connectivity index (χ2v) is 7.91. The maximum absolute atomic E-state index is 11.1. The molecule has 1 heterocycles. The van der Waals surface area contributed by atoms with Crippen LogP contribution in [-0.2, 0) is 5.60 Å². The van der Waals surface area contributed by atoms with Crippen LogP contribution in [0.3, 0.4) is 0 Å². The third-order valence-corrected chi connectivity index (χ3v) is 6.27. The lowest BCUT2D eigenvalue weighted by atomic mass is 9.47. The van der Waals surface area contributed by atoms with Crippen LogP contribution in [0, 0.1) is 23.2 Å². The molecule has 0 radical (unpaired) electrons. The summed E-state index contributed by atoms with van der Waals surface area (Å²) in [6.07, 6.45) is 11.0. The molecule has 0 amide bonds. The molecule has 5 rings (SSSR count). The molecule has 4 saturated carbocycles. The van der Waals surface area contributed by atoms with E-state index in [0.29, 0.717) is 12.0 Å². The van der Waals surface area contributed by atoms with Gasteiger partial charge in [-0.1, -0.05) is 0 Å². The molecule has 3 heteroatoms. The number of aromatic nitrogens is 1. The smallest absolute Gasteiger partial charge is 0.117 e. The minimum Gasteiger partial charge on any atom is -0.382 e. The second-order valence-electron chi connectivity index (χ2n) is 7.91. The Kier molecular flexibility index (Phi) is 2.80. The number of H-pyrrole nitrogens is 1. The van der Waals surface area contributed by atoms with Crippen molar-refractivity contribution >= 4 is 0 Å². The fourth-order valence-electron chi connectivity index (χ4n) is 6.02. The van der Waals surface area contributed by atoms with Gasteiger partial charge in [-0.25, -0.2) is 0 Å². The number of hydrogen-bond acceptors (Lipinski definition) is 2. The van der Waals surface area contributed by atoms with E-state index < -0.39 is 5.60 Å². The Morgan fingerprint density at radius 1 is 1.20 bits per heavy atom. The molecule has 0 saturated heterocycles. The zero-order valence-corrected chi connectivity index (χ0v) is 12.1. The summed E-state index contributed by atoms with van der Waals surface area (Å²) in [6, 6.07) is 3.93. The molecule has 1 aromatic rings. The molecule has 1 atom stereocenters. The van der Waals surface area contributed by atoms with Gasteiger partial charge in [0, 0.05) is 18.4 Å². The summed E-state index contributed by atoms with van der Waals surface area (Å²) >= 11 is 0. The lowest BCUT2D eigenvalue weighted by Gasteiger charge is -2.58. The van der Waals surface area contributed by atoms with E-state index in [0.717, 1.165) is 29.9 Å². The molecular formula is C17H26N2O. The van der Waals surface area contributed by atoms with Crippen LogP contribution in [0.2, 0.25) is 0 Å². The van der Waals surface area contributed by atoms with Crippen molar-refractivity contribution in [2.24, 2.45) is 28.9 Å². The van der Waals surface area contributed by atoms with Crippen molar-refractivity contribution in [1.29, 1.82) is 0 Å². The Labute approximate surface area is 121 Å². The first-order valence-electron chi connectivity index (χ1n) is 8.17. The molecule has 4 bridgehead atoms. The highest BCUT2D eigenvalue weighted by Gasteiger charge is 2.53. The molecule has 4 aliphatic carbocycles. The van der Waals surface area contributed by atoms with Crippen molar-refractivity contribution < 1.29 is 5.11 Å². The lowest BCUT2D eigenvalue weighted by molar-refractivity contribution is -0.104. The molecule has 0 aliphatic heterocycles. The minimum absolute atomic E-state index is 0.315. The normalized spacial score (nSPS) is 41.8. The van der Waals surface area contributed by atoms with Gasteiger partial charge in [-0.3, -0.25) is 0 Å². The summed E-state index contributed by atoms with van der Waals surface area (Å²) in [7, 11) is 0. The van der Waals surface area contributed by atoms with E-state index in [-0.39, 0.29) is 0 Å². The van der Waals surface area contributed by atoms with Crippen LogP contribution in [0.5, 0.6) is 0 Å². The van der Waals surface area contributed by atoms with Gasteiger partial charge in [0.1, 0.15) is 5.60 Å². The fraction of sp³-hybridized carbons (Fsp3) is 0.765. The van der Waals surface area contributed by atoms with E-state index in [4.69, 9.17) is 5.73 Å². The van der Waals surface area contributed by atoms with Crippen LogP contribution in [0.4, 0.5) is 0 Å². The van der Waals surface area contributed by atoms with Crippen LogP contribution in [0.15, 0.2) is 18.3 Å². The van der Waals surface area contributed by atoms with Gasteiger partial charge in [-0.2, -0.15) is 0 Å². The average molecular weight is 274 g/mol. The van der Waals surface area contributed by atoms with E-state index in [2.05, 4.69) is 4.98 Å². The first-order chi connectivity index (χ1) is 9.61. The molecule has 20 heavy (non-hydrogen) atoms. The van der Waals surface area contributed by atoms with Crippen LogP contribution in [0.1, 0.15) is 50.6 Å². The average Bonchev–Trinajstić information content (AvgIpc) is 2.90. The molecule has 110 valence electrons. The fourth-order valence-corrected chi connectivity index (χ4v) is 6.02. The quantitative estimate of drug-likeness (QED) is 0.790. The van der Waals surface area contributed by atoms with Gasteiger partial charge in [0.15, 0.2) is 0 Å².